The molecule has 5 nitrogen and oxygen atoms in total. The van der Waals surface area contributed by atoms with Crippen LogP contribution in [0.2, 0.25) is 0 Å². The van der Waals surface area contributed by atoms with Gasteiger partial charge in [-0.05, 0) is 25.7 Å². The molecule has 2 saturated heterocycles. The molecule has 0 radical (unpaired) electrons. The summed E-state index contributed by atoms with van der Waals surface area (Å²) < 4.78 is 16.2. The van der Waals surface area contributed by atoms with Crippen molar-refractivity contribution in [2.75, 3.05) is 26.4 Å². The van der Waals surface area contributed by atoms with Crippen LogP contribution in [-0.4, -0.2) is 44.0 Å². The molecule has 2 heterocycles. The van der Waals surface area contributed by atoms with E-state index in [9.17, 15) is 4.79 Å². The van der Waals surface area contributed by atoms with Crippen molar-refractivity contribution < 1.29 is 19.0 Å². The van der Waals surface area contributed by atoms with Gasteiger partial charge in [-0.3, -0.25) is 4.79 Å². The Bertz CT molecular complexity index is 276. The Morgan fingerprint density at radius 2 is 2.41 bits per heavy atom. The van der Waals surface area contributed by atoms with Crippen molar-refractivity contribution in [2.45, 2.75) is 37.8 Å². The van der Waals surface area contributed by atoms with E-state index in [1.165, 1.54) is 0 Å². The third kappa shape index (κ3) is 2.78. The molecule has 2 N–H and O–H groups in total. The van der Waals surface area contributed by atoms with E-state index in [2.05, 4.69) is 0 Å². The van der Waals surface area contributed by atoms with E-state index in [1.54, 1.807) is 6.92 Å². The maximum Gasteiger partial charge on any atom is 0.323 e. The Hall–Kier alpha value is -0.650. The zero-order valence-electron chi connectivity index (χ0n) is 10.3. The standard InChI is InChI=1S/C12H21NO4/c1-2-16-11(14)10(13)9-3-5-17-12(7-9)4-6-15-8-12/h9-10H,2-8,13H2,1H3. The van der Waals surface area contributed by atoms with Crippen molar-refractivity contribution in [3.8, 4) is 0 Å². The normalized spacial score (nSPS) is 34.8. The van der Waals surface area contributed by atoms with Gasteiger partial charge in [-0.15, -0.1) is 0 Å². The molecule has 2 rings (SSSR count). The first-order valence-corrected chi connectivity index (χ1v) is 6.31. The first-order chi connectivity index (χ1) is 8.17. The molecule has 2 aliphatic rings. The summed E-state index contributed by atoms with van der Waals surface area (Å²) in [6, 6.07) is -0.531. The molecule has 0 aromatic carbocycles. The van der Waals surface area contributed by atoms with Crippen LogP contribution in [0.1, 0.15) is 26.2 Å². The Labute approximate surface area is 102 Å². The van der Waals surface area contributed by atoms with Crippen molar-refractivity contribution >= 4 is 5.97 Å². The van der Waals surface area contributed by atoms with Crippen LogP contribution in [0.3, 0.4) is 0 Å². The first-order valence-electron chi connectivity index (χ1n) is 6.31. The molecule has 0 aliphatic carbocycles. The Morgan fingerprint density at radius 1 is 1.59 bits per heavy atom. The third-order valence-corrected chi connectivity index (χ3v) is 3.66. The van der Waals surface area contributed by atoms with Crippen LogP contribution in [0.5, 0.6) is 0 Å². The lowest BCUT2D eigenvalue weighted by molar-refractivity contribution is -0.150. The SMILES string of the molecule is CCOC(=O)C(N)C1CCOC2(CCOC2)C1. The minimum atomic E-state index is -0.531. The average molecular weight is 243 g/mol. The smallest absolute Gasteiger partial charge is 0.323 e. The summed E-state index contributed by atoms with van der Waals surface area (Å²) in [7, 11) is 0. The predicted molar refractivity (Wildman–Crippen MR) is 61.5 cm³/mol. The van der Waals surface area contributed by atoms with Crippen LogP contribution in [0.15, 0.2) is 0 Å². The van der Waals surface area contributed by atoms with Gasteiger partial charge in [0.25, 0.3) is 0 Å². The van der Waals surface area contributed by atoms with E-state index in [-0.39, 0.29) is 17.5 Å². The molecule has 1 spiro atoms. The molecule has 17 heavy (non-hydrogen) atoms. The van der Waals surface area contributed by atoms with Gasteiger partial charge in [0.2, 0.25) is 0 Å². The van der Waals surface area contributed by atoms with Crippen LogP contribution in [0.4, 0.5) is 0 Å². The molecule has 2 aliphatic heterocycles. The maximum atomic E-state index is 11.6. The monoisotopic (exact) mass is 243 g/mol. The van der Waals surface area contributed by atoms with Gasteiger partial charge in [-0.25, -0.2) is 0 Å². The van der Waals surface area contributed by atoms with Crippen LogP contribution in [0.25, 0.3) is 0 Å². The summed E-state index contributed by atoms with van der Waals surface area (Å²) in [5.41, 5.74) is 5.76. The quantitative estimate of drug-likeness (QED) is 0.729. The van der Waals surface area contributed by atoms with Gasteiger partial charge < -0.3 is 19.9 Å². The summed E-state index contributed by atoms with van der Waals surface area (Å²) >= 11 is 0. The van der Waals surface area contributed by atoms with Gasteiger partial charge in [0.15, 0.2) is 0 Å². The molecule has 0 aromatic rings. The van der Waals surface area contributed by atoms with E-state index in [1.807, 2.05) is 0 Å². The molecule has 3 unspecified atom stereocenters. The minimum Gasteiger partial charge on any atom is -0.465 e. The van der Waals surface area contributed by atoms with Gasteiger partial charge in [0.1, 0.15) is 6.04 Å². The Kier molecular flexibility index (Phi) is 4.01. The number of carbonyl (C=O) groups excluding carboxylic acids is 1. The fraction of sp³-hybridized carbons (Fsp3) is 0.917. The van der Waals surface area contributed by atoms with Crippen molar-refractivity contribution in [3.05, 3.63) is 0 Å². The molecular formula is C12H21NO4. The van der Waals surface area contributed by atoms with Gasteiger partial charge in [-0.2, -0.15) is 0 Å². The number of carbonyl (C=O) groups is 1. The highest BCUT2D eigenvalue weighted by molar-refractivity contribution is 5.75. The number of esters is 1. The maximum absolute atomic E-state index is 11.6. The molecule has 0 bridgehead atoms. The van der Waals surface area contributed by atoms with Crippen LogP contribution in [-0.2, 0) is 19.0 Å². The minimum absolute atomic E-state index is 0.143. The second-order valence-corrected chi connectivity index (χ2v) is 4.86. The molecule has 98 valence electrons. The number of hydrogen-bond donors (Lipinski definition) is 1. The first kappa shape index (κ1) is 12.8. The van der Waals surface area contributed by atoms with Crippen molar-refractivity contribution in [3.63, 3.8) is 0 Å². The van der Waals surface area contributed by atoms with Crippen LogP contribution < -0.4 is 5.73 Å². The van der Waals surface area contributed by atoms with Gasteiger partial charge in [0.05, 0.1) is 18.8 Å². The van der Waals surface area contributed by atoms with E-state index in [0.717, 1.165) is 25.9 Å². The summed E-state index contributed by atoms with van der Waals surface area (Å²) in [5, 5.41) is 0. The Morgan fingerprint density at radius 3 is 3.06 bits per heavy atom. The number of nitrogens with two attached hydrogens (primary N) is 1. The number of rotatable bonds is 3. The topological polar surface area (TPSA) is 70.8 Å². The molecule has 0 amide bonds. The van der Waals surface area contributed by atoms with E-state index >= 15 is 0 Å². The van der Waals surface area contributed by atoms with Crippen LogP contribution >= 0.6 is 0 Å². The van der Waals surface area contributed by atoms with Gasteiger partial charge in [0, 0.05) is 19.6 Å². The fourth-order valence-electron chi connectivity index (χ4n) is 2.67. The second kappa shape index (κ2) is 5.33. The van der Waals surface area contributed by atoms with Crippen LogP contribution in [0, 0.1) is 5.92 Å². The highest BCUT2D eigenvalue weighted by atomic mass is 16.6. The summed E-state index contributed by atoms with van der Waals surface area (Å²) in [6.45, 7) is 4.19. The lowest BCUT2D eigenvalue weighted by Crippen LogP contribution is -2.48. The number of hydrogen-bond acceptors (Lipinski definition) is 5. The second-order valence-electron chi connectivity index (χ2n) is 4.86. The fourth-order valence-corrected chi connectivity index (χ4v) is 2.67. The highest BCUT2D eigenvalue weighted by Crippen LogP contribution is 2.36. The largest absolute Gasteiger partial charge is 0.465 e. The lowest BCUT2D eigenvalue weighted by atomic mass is 9.81. The highest BCUT2D eigenvalue weighted by Gasteiger charge is 2.43. The molecule has 2 fully saturated rings. The summed E-state index contributed by atoms with van der Waals surface area (Å²) in [6.07, 6.45) is 2.52. The molecule has 3 atom stereocenters. The van der Waals surface area contributed by atoms with E-state index < -0.39 is 6.04 Å². The van der Waals surface area contributed by atoms with Crippen molar-refractivity contribution in [1.29, 1.82) is 0 Å². The van der Waals surface area contributed by atoms with Gasteiger partial charge >= 0.3 is 5.97 Å². The van der Waals surface area contributed by atoms with E-state index in [4.69, 9.17) is 19.9 Å². The zero-order chi connectivity index (χ0) is 12.3. The number of ether oxygens (including phenoxy) is 3. The predicted octanol–water partition coefficient (Wildman–Crippen LogP) is 0.463. The molecule has 5 heteroatoms. The summed E-state index contributed by atoms with van der Waals surface area (Å²) in [4.78, 5) is 11.6. The van der Waals surface area contributed by atoms with E-state index in [0.29, 0.717) is 19.8 Å². The third-order valence-electron chi connectivity index (χ3n) is 3.66. The summed E-state index contributed by atoms with van der Waals surface area (Å²) in [5.74, 6) is -0.155. The molecule has 0 saturated carbocycles. The molecule has 0 aromatic heterocycles. The zero-order valence-corrected chi connectivity index (χ0v) is 10.3. The average Bonchev–Trinajstić information content (AvgIpc) is 2.76. The van der Waals surface area contributed by atoms with Crippen molar-refractivity contribution in [2.24, 2.45) is 11.7 Å². The Balaban J connectivity index is 1.94. The van der Waals surface area contributed by atoms with Gasteiger partial charge in [-0.1, -0.05) is 0 Å². The molecular weight excluding hydrogens is 222 g/mol. The lowest BCUT2D eigenvalue weighted by Gasteiger charge is -2.38. The van der Waals surface area contributed by atoms with Crippen molar-refractivity contribution in [1.82, 2.24) is 0 Å².